The fourth-order valence-corrected chi connectivity index (χ4v) is 1.52. The molecule has 2 nitrogen and oxygen atoms in total. The fourth-order valence-electron chi connectivity index (χ4n) is 1.52. The molecule has 1 aliphatic heterocycles. The first kappa shape index (κ1) is 9.57. The van der Waals surface area contributed by atoms with Crippen LogP contribution in [0.2, 0.25) is 0 Å². The van der Waals surface area contributed by atoms with Crippen molar-refractivity contribution < 1.29 is 0 Å². The van der Waals surface area contributed by atoms with E-state index in [1.54, 1.807) is 0 Å². The average molecular weight is 166 g/mol. The standard InChI is InChI=1S/C10H18N2/c1-3-5-9(2)12-8-10-6-4-7-11-10/h1,9-12H,4-8H2,2H3. The normalized spacial score (nSPS) is 25.2. The van der Waals surface area contributed by atoms with E-state index in [-0.39, 0.29) is 0 Å². The lowest BCUT2D eigenvalue weighted by molar-refractivity contribution is 0.484. The zero-order valence-corrected chi connectivity index (χ0v) is 7.77. The van der Waals surface area contributed by atoms with Gasteiger partial charge in [-0.05, 0) is 26.3 Å². The molecule has 1 rings (SSSR count). The quantitative estimate of drug-likeness (QED) is 0.602. The molecule has 0 aromatic carbocycles. The second-order valence-corrected chi connectivity index (χ2v) is 3.51. The monoisotopic (exact) mass is 166 g/mol. The predicted molar refractivity (Wildman–Crippen MR) is 51.9 cm³/mol. The molecule has 12 heavy (non-hydrogen) atoms. The van der Waals surface area contributed by atoms with Crippen LogP contribution in [0.15, 0.2) is 0 Å². The third-order valence-corrected chi connectivity index (χ3v) is 2.30. The minimum Gasteiger partial charge on any atom is -0.313 e. The van der Waals surface area contributed by atoms with E-state index in [0.717, 1.165) is 13.0 Å². The Kier molecular flexibility index (Phi) is 4.13. The van der Waals surface area contributed by atoms with E-state index < -0.39 is 0 Å². The zero-order chi connectivity index (χ0) is 8.81. The summed E-state index contributed by atoms with van der Waals surface area (Å²) in [7, 11) is 0. The SMILES string of the molecule is C#CCC(C)NCC1CCCN1. The van der Waals surface area contributed by atoms with Gasteiger partial charge in [0, 0.05) is 25.0 Å². The highest BCUT2D eigenvalue weighted by Crippen LogP contribution is 2.03. The van der Waals surface area contributed by atoms with E-state index in [4.69, 9.17) is 6.42 Å². The van der Waals surface area contributed by atoms with E-state index in [1.165, 1.54) is 19.4 Å². The van der Waals surface area contributed by atoms with Gasteiger partial charge in [-0.25, -0.2) is 0 Å². The van der Waals surface area contributed by atoms with E-state index in [2.05, 4.69) is 23.5 Å². The van der Waals surface area contributed by atoms with Crippen LogP contribution in [0.5, 0.6) is 0 Å². The van der Waals surface area contributed by atoms with E-state index in [9.17, 15) is 0 Å². The minimum atomic E-state index is 0.456. The van der Waals surface area contributed by atoms with Crippen molar-refractivity contribution in [2.75, 3.05) is 13.1 Å². The molecule has 1 saturated heterocycles. The summed E-state index contributed by atoms with van der Waals surface area (Å²) in [6.45, 7) is 4.37. The molecule has 0 aliphatic carbocycles. The lowest BCUT2D eigenvalue weighted by Gasteiger charge is -2.15. The molecular formula is C10H18N2. The molecule has 2 N–H and O–H groups in total. The molecule has 0 bridgehead atoms. The van der Waals surface area contributed by atoms with Gasteiger partial charge in [-0.2, -0.15) is 0 Å². The summed E-state index contributed by atoms with van der Waals surface area (Å²) in [5.41, 5.74) is 0. The molecule has 2 unspecified atom stereocenters. The Hall–Kier alpha value is -0.520. The van der Waals surface area contributed by atoms with Gasteiger partial charge < -0.3 is 10.6 Å². The maximum absolute atomic E-state index is 5.21. The van der Waals surface area contributed by atoms with Crippen LogP contribution in [-0.4, -0.2) is 25.2 Å². The fraction of sp³-hybridized carbons (Fsp3) is 0.800. The Labute approximate surface area is 75.1 Å². The molecule has 1 fully saturated rings. The summed E-state index contributed by atoms with van der Waals surface area (Å²) < 4.78 is 0. The molecule has 2 heteroatoms. The maximum Gasteiger partial charge on any atom is 0.0238 e. The van der Waals surface area contributed by atoms with Gasteiger partial charge in [0.15, 0.2) is 0 Å². The summed E-state index contributed by atoms with van der Waals surface area (Å²) in [6.07, 6.45) is 8.65. The number of hydrogen-bond acceptors (Lipinski definition) is 2. The first-order valence-corrected chi connectivity index (χ1v) is 4.73. The van der Waals surface area contributed by atoms with E-state index >= 15 is 0 Å². The maximum atomic E-state index is 5.21. The molecule has 0 aromatic rings. The molecule has 0 saturated carbocycles. The highest BCUT2D eigenvalue weighted by Gasteiger charge is 2.13. The Morgan fingerprint density at radius 3 is 3.17 bits per heavy atom. The van der Waals surface area contributed by atoms with Crippen molar-refractivity contribution >= 4 is 0 Å². The predicted octanol–water partition coefficient (Wildman–Crippen LogP) is 0.740. The van der Waals surface area contributed by atoms with Crippen molar-refractivity contribution in [1.82, 2.24) is 10.6 Å². The Bertz CT molecular complexity index is 154. The van der Waals surface area contributed by atoms with Crippen molar-refractivity contribution in [2.45, 2.75) is 38.3 Å². The van der Waals surface area contributed by atoms with Crippen LogP contribution in [0.1, 0.15) is 26.2 Å². The summed E-state index contributed by atoms with van der Waals surface area (Å²) in [4.78, 5) is 0. The first-order chi connectivity index (χ1) is 5.83. The molecular weight excluding hydrogens is 148 g/mol. The van der Waals surface area contributed by atoms with Crippen molar-refractivity contribution in [3.63, 3.8) is 0 Å². The van der Waals surface area contributed by atoms with Crippen LogP contribution in [0.3, 0.4) is 0 Å². The second kappa shape index (κ2) is 5.18. The summed E-state index contributed by atoms with van der Waals surface area (Å²) in [5, 5.41) is 6.86. The van der Waals surface area contributed by atoms with Crippen molar-refractivity contribution in [3.8, 4) is 12.3 Å². The van der Waals surface area contributed by atoms with Crippen LogP contribution in [0.4, 0.5) is 0 Å². The average Bonchev–Trinajstić information content (AvgIpc) is 2.53. The summed E-state index contributed by atoms with van der Waals surface area (Å²) in [6, 6.07) is 1.13. The van der Waals surface area contributed by atoms with Crippen LogP contribution < -0.4 is 10.6 Å². The van der Waals surface area contributed by atoms with Crippen LogP contribution in [-0.2, 0) is 0 Å². The molecule has 0 aromatic heterocycles. The van der Waals surface area contributed by atoms with E-state index in [1.807, 2.05) is 0 Å². The van der Waals surface area contributed by atoms with Gasteiger partial charge in [-0.3, -0.25) is 0 Å². The number of rotatable bonds is 4. The minimum absolute atomic E-state index is 0.456. The number of terminal acetylenes is 1. The van der Waals surface area contributed by atoms with Crippen molar-refractivity contribution in [1.29, 1.82) is 0 Å². The first-order valence-electron chi connectivity index (χ1n) is 4.73. The Morgan fingerprint density at radius 1 is 1.75 bits per heavy atom. The van der Waals surface area contributed by atoms with Gasteiger partial charge >= 0.3 is 0 Å². The van der Waals surface area contributed by atoms with Crippen molar-refractivity contribution in [2.24, 2.45) is 0 Å². The molecule has 0 spiro atoms. The van der Waals surface area contributed by atoms with Gasteiger partial charge in [0.1, 0.15) is 0 Å². The largest absolute Gasteiger partial charge is 0.313 e. The van der Waals surface area contributed by atoms with Crippen molar-refractivity contribution in [3.05, 3.63) is 0 Å². The van der Waals surface area contributed by atoms with E-state index in [0.29, 0.717) is 12.1 Å². The number of hydrogen-bond donors (Lipinski definition) is 2. The lowest BCUT2D eigenvalue weighted by atomic mass is 10.2. The molecule has 2 atom stereocenters. The molecule has 0 amide bonds. The molecule has 1 heterocycles. The van der Waals surface area contributed by atoms with Gasteiger partial charge in [0.05, 0.1) is 0 Å². The second-order valence-electron chi connectivity index (χ2n) is 3.51. The van der Waals surface area contributed by atoms with Gasteiger partial charge in [-0.1, -0.05) is 0 Å². The lowest BCUT2D eigenvalue weighted by Crippen LogP contribution is -2.38. The highest BCUT2D eigenvalue weighted by molar-refractivity contribution is 4.88. The molecule has 1 aliphatic rings. The van der Waals surface area contributed by atoms with Gasteiger partial charge in [-0.15, -0.1) is 12.3 Å². The summed E-state index contributed by atoms with van der Waals surface area (Å²) in [5.74, 6) is 2.66. The smallest absolute Gasteiger partial charge is 0.0238 e. The highest BCUT2D eigenvalue weighted by atomic mass is 15.0. The third-order valence-electron chi connectivity index (χ3n) is 2.30. The third kappa shape index (κ3) is 3.25. The molecule has 68 valence electrons. The Balaban J connectivity index is 2.04. The van der Waals surface area contributed by atoms with Gasteiger partial charge in [0.25, 0.3) is 0 Å². The molecule has 0 radical (unpaired) electrons. The Morgan fingerprint density at radius 2 is 2.58 bits per heavy atom. The topological polar surface area (TPSA) is 24.1 Å². The van der Waals surface area contributed by atoms with Crippen LogP contribution >= 0.6 is 0 Å². The number of nitrogens with one attached hydrogen (secondary N) is 2. The van der Waals surface area contributed by atoms with Crippen LogP contribution in [0, 0.1) is 12.3 Å². The summed E-state index contributed by atoms with van der Waals surface area (Å²) >= 11 is 0. The van der Waals surface area contributed by atoms with Crippen LogP contribution in [0.25, 0.3) is 0 Å². The zero-order valence-electron chi connectivity index (χ0n) is 7.77. The van der Waals surface area contributed by atoms with Gasteiger partial charge in [0.2, 0.25) is 0 Å².